The number of hydrogen-bond donors (Lipinski definition) is 1. The Hall–Kier alpha value is -2.14. The summed E-state index contributed by atoms with van der Waals surface area (Å²) in [6.07, 6.45) is 2.86. The highest BCUT2D eigenvalue weighted by Crippen LogP contribution is 2.57. The summed E-state index contributed by atoms with van der Waals surface area (Å²) < 4.78 is 5.68. The molecule has 2 aromatic heterocycles. The normalized spacial score (nSPS) is 26.7. The van der Waals surface area contributed by atoms with Crippen LogP contribution in [0.1, 0.15) is 17.0 Å². The van der Waals surface area contributed by atoms with E-state index in [1.54, 1.807) is 18.3 Å². The number of amides is 1. The molecule has 108 valence electrons. The van der Waals surface area contributed by atoms with E-state index in [-0.39, 0.29) is 11.3 Å². The molecule has 2 fully saturated rings. The quantitative estimate of drug-likeness (QED) is 0.931. The van der Waals surface area contributed by atoms with Gasteiger partial charge in [-0.05, 0) is 43.1 Å². The van der Waals surface area contributed by atoms with Crippen LogP contribution in [0.2, 0.25) is 0 Å². The van der Waals surface area contributed by atoms with Crippen LogP contribution >= 0.6 is 0 Å². The van der Waals surface area contributed by atoms with E-state index in [0.717, 1.165) is 25.2 Å². The fourth-order valence-electron chi connectivity index (χ4n) is 3.32. The van der Waals surface area contributed by atoms with Crippen molar-refractivity contribution in [2.45, 2.75) is 6.42 Å². The molecule has 1 saturated carbocycles. The maximum absolute atomic E-state index is 12.5. The van der Waals surface area contributed by atoms with Crippen molar-refractivity contribution in [2.24, 2.45) is 17.1 Å². The van der Waals surface area contributed by atoms with Crippen LogP contribution in [0.3, 0.4) is 0 Å². The third-order valence-electron chi connectivity index (χ3n) is 4.73. The summed E-state index contributed by atoms with van der Waals surface area (Å²) in [5, 5.41) is 0. The minimum Gasteiger partial charge on any atom is -0.449 e. The average Bonchev–Trinajstić information content (AvgIpc) is 2.93. The predicted molar refractivity (Wildman–Crippen MR) is 77.4 cm³/mol. The molecule has 1 saturated heterocycles. The molecule has 2 N–H and O–H groups in total. The Morgan fingerprint density at radius 1 is 1.43 bits per heavy atom. The molecule has 1 aliphatic carbocycles. The highest BCUT2D eigenvalue weighted by Gasteiger charge is 2.59. The first-order chi connectivity index (χ1) is 10.2. The fraction of sp³-hybridized carbons (Fsp3) is 0.375. The van der Waals surface area contributed by atoms with E-state index in [1.165, 1.54) is 0 Å². The topological polar surface area (TPSA) is 72.4 Å². The van der Waals surface area contributed by atoms with Crippen LogP contribution in [0.25, 0.3) is 11.5 Å². The van der Waals surface area contributed by atoms with Crippen molar-refractivity contribution < 1.29 is 9.21 Å². The van der Waals surface area contributed by atoms with Crippen molar-refractivity contribution in [3.63, 3.8) is 0 Å². The first-order valence-electron chi connectivity index (χ1n) is 7.22. The number of fused-ring (bicyclic) bond motifs is 1. The lowest BCUT2D eigenvalue weighted by molar-refractivity contribution is 0.0735. The Morgan fingerprint density at radius 3 is 3.05 bits per heavy atom. The van der Waals surface area contributed by atoms with E-state index in [2.05, 4.69) is 4.98 Å². The molecule has 1 aliphatic heterocycles. The SMILES string of the molecule is NC[C@@]12C[C@@H]1CN(C(=O)c1ccc(-c3ccccn3)o1)C2. The molecule has 5 nitrogen and oxygen atoms in total. The Morgan fingerprint density at radius 2 is 2.33 bits per heavy atom. The zero-order valence-electron chi connectivity index (χ0n) is 11.7. The summed E-state index contributed by atoms with van der Waals surface area (Å²) in [7, 11) is 0. The van der Waals surface area contributed by atoms with Crippen LogP contribution in [-0.2, 0) is 0 Å². The van der Waals surface area contributed by atoms with Crippen LogP contribution in [0, 0.1) is 11.3 Å². The van der Waals surface area contributed by atoms with Crippen LogP contribution in [0.15, 0.2) is 40.9 Å². The van der Waals surface area contributed by atoms with E-state index in [1.807, 2.05) is 23.1 Å². The van der Waals surface area contributed by atoms with Crippen LogP contribution < -0.4 is 5.73 Å². The van der Waals surface area contributed by atoms with Gasteiger partial charge in [0.2, 0.25) is 0 Å². The van der Waals surface area contributed by atoms with Gasteiger partial charge >= 0.3 is 0 Å². The van der Waals surface area contributed by atoms with Crippen molar-refractivity contribution in [1.82, 2.24) is 9.88 Å². The summed E-state index contributed by atoms with van der Waals surface area (Å²) in [5.41, 5.74) is 6.74. The molecule has 5 heteroatoms. The number of piperidine rings is 1. The molecule has 21 heavy (non-hydrogen) atoms. The maximum atomic E-state index is 12.5. The minimum atomic E-state index is -0.0443. The summed E-state index contributed by atoms with van der Waals surface area (Å²) in [4.78, 5) is 18.6. The molecule has 1 amide bonds. The Kier molecular flexibility index (Phi) is 2.65. The van der Waals surface area contributed by atoms with Crippen LogP contribution in [0.5, 0.6) is 0 Å². The van der Waals surface area contributed by atoms with Gasteiger partial charge < -0.3 is 15.1 Å². The Balaban J connectivity index is 1.53. The smallest absolute Gasteiger partial charge is 0.289 e. The molecule has 2 aliphatic rings. The third-order valence-corrected chi connectivity index (χ3v) is 4.73. The number of furan rings is 1. The molecule has 0 unspecified atom stereocenters. The molecular formula is C16H17N3O2. The van der Waals surface area contributed by atoms with Crippen molar-refractivity contribution in [3.05, 3.63) is 42.3 Å². The number of carbonyl (C=O) groups is 1. The zero-order valence-corrected chi connectivity index (χ0v) is 11.7. The molecule has 0 spiro atoms. The second kappa shape index (κ2) is 4.43. The average molecular weight is 283 g/mol. The standard InChI is InChI=1S/C16H17N3O2/c17-9-16-7-11(16)8-19(10-16)15(20)14-5-4-13(21-14)12-3-1-2-6-18-12/h1-6,11H,7-10,17H2/t11-,16-/m1/s1. The van der Waals surface area contributed by atoms with Gasteiger partial charge in [-0.15, -0.1) is 0 Å². The first kappa shape index (κ1) is 12.6. The summed E-state index contributed by atoms with van der Waals surface area (Å²) >= 11 is 0. The van der Waals surface area contributed by atoms with E-state index in [9.17, 15) is 4.79 Å². The van der Waals surface area contributed by atoms with Gasteiger partial charge in [-0.2, -0.15) is 0 Å². The number of likely N-dealkylation sites (tertiary alicyclic amines) is 1. The summed E-state index contributed by atoms with van der Waals surface area (Å²) in [6, 6.07) is 9.13. The summed E-state index contributed by atoms with van der Waals surface area (Å²) in [5.74, 6) is 1.54. The first-order valence-corrected chi connectivity index (χ1v) is 7.22. The second-order valence-corrected chi connectivity index (χ2v) is 6.03. The fourth-order valence-corrected chi connectivity index (χ4v) is 3.32. The number of pyridine rings is 1. The molecule has 2 aromatic rings. The van der Waals surface area contributed by atoms with E-state index in [0.29, 0.717) is 24.0 Å². The number of carbonyl (C=O) groups excluding carboxylic acids is 1. The van der Waals surface area contributed by atoms with E-state index < -0.39 is 0 Å². The van der Waals surface area contributed by atoms with Gasteiger partial charge in [-0.1, -0.05) is 6.07 Å². The molecule has 0 bridgehead atoms. The highest BCUT2D eigenvalue weighted by molar-refractivity contribution is 5.92. The number of hydrogen-bond acceptors (Lipinski definition) is 4. The van der Waals surface area contributed by atoms with E-state index in [4.69, 9.17) is 10.2 Å². The van der Waals surface area contributed by atoms with Gasteiger partial charge in [0.05, 0.1) is 0 Å². The molecule has 4 rings (SSSR count). The monoisotopic (exact) mass is 283 g/mol. The van der Waals surface area contributed by atoms with Crippen molar-refractivity contribution in [3.8, 4) is 11.5 Å². The lowest BCUT2D eigenvalue weighted by Crippen LogP contribution is -2.33. The molecule has 3 heterocycles. The van der Waals surface area contributed by atoms with Gasteiger partial charge in [0.25, 0.3) is 5.91 Å². The highest BCUT2D eigenvalue weighted by atomic mass is 16.4. The second-order valence-electron chi connectivity index (χ2n) is 6.03. The largest absolute Gasteiger partial charge is 0.449 e. The number of aromatic nitrogens is 1. The van der Waals surface area contributed by atoms with Gasteiger partial charge in [0, 0.05) is 24.7 Å². The minimum absolute atomic E-state index is 0.0443. The lowest BCUT2D eigenvalue weighted by Gasteiger charge is -2.19. The van der Waals surface area contributed by atoms with Crippen molar-refractivity contribution in [2.75, 3.05) is 19.6 Å². The van der Waals surface area contributed by atoms with Gasteiger partial charge in [0.1, 0.15) is 5.69 Å². The van der Waals surface area contributed by atoms with Crippen LogP contribution in [0.4, 0.5) is 0 Å². The molecule has 2 atom stereocenters. The van der Waals surface area contributed by atoms with Gasteiger partial charge in [0.15, 0.2) is 11.5 Å². The number of nitrogens with two attached hydrogens (primary N) is 1. The molecular weight excluding hydrogens is 266 g/mol. The number of rotatable bonds is 3. The Bertz CT molecular complexity index is 678. The van der Waals surface area contributed by atoms with E-state index >= 15 is 0 Å². The van der Waals surface area contributed by atoms with Crippen molar-refractivity contribution in [1.29, 1.82) is 0 Å². The maximum Gasteiger partial charge on any atom is 0.289 e. The molecule has 0 radical (unpaired) electrons. The zero-order chi connectivity index (χ0) is 14.4. The van der Waals surface area contributed by atoms with Gasteiger partial charge in [-0.3, -0.25) is 9.78 Å². The predicted octanol–water partition coefficient (Wildman–Crippen LogP) is 1.76. The lowest BCUT2D eigenvalue weighted by atomic mass is 10.1. The van der Waals surface area contributed by atoms with Crippen LogP contribution in [-0.4, -0.2) is 35.4 Å². The summed E-state index contributed by atoms with van der Waals surface area (Å²) in [6.45, 7) is 2.22. The third kappa shape index (κ3) is 1.96. The number of nitrogens with zero attached hydrogens (tertiary/aromatic N) is 2. The Labute approximate surface area is 122 Å². The van der Waals surface area contributed by atoms with Crippen molar-refractivity contribution >= 4 is 5.91 Å². The molecule has 0 aromatic carbocycles. The van der Waals surface area contributed by atoms with Gasteiger partial charge in [-0.25, -0.2) is 0 Å².